The van der Waals surface area contributed by atoms with Crippen molar-refractivity contribution in [2.24, 2.45) is 0 Å². The molecule has 0 unspecified atom stereocenters. The summed E-state index contributed by atoms with van der Waals surface area (Å²) in [5, 5.41) is 3.03. The molecule has 3 nitrogen and oxygen atoms in total. The van der Waals surface area contributed by atoms with Crippen LogP contribution in [0.4, 0.5) is 5.95 Å². The van der Waals surface area contributed by atoms with Crippen LogP contribution in [0.15, 0.2) is 6.07 Å². The molecule has 0 saturated heterocycles. The molecule has 1 aliphatic carbocycles. The molecule has 1 aromatic heterocycles. The fourth-order valence-electron chi connectivity index (χ4n) is 1.60. The highest BCUT2D eigenvalue weighted by Gasteiger charge is 2.25. The predicted octanol–water partition coefficient (Wildman–Crippen LogP) is 2.35. The van der Waals surface area contributed by atoms with Crippen LogP contribution in [0.3, 0.4) is 0 Å². The fourth-order valence-corrected chi connectivity index (χ4v) is 1.60. The van der Waals surface area contributed by atoms with Crippen LogP contribution in [0.5, 0.6) is 0 Å². The van der Waals surface area contributed by atoms with Gasteiger partial charge in [-0.05, 0) is 25.3 Å². The van der Waals surface area contributed by atoms with E-state index in [-0.39, 0.29) is 0 Å². The zero-order valence-corrected chi connectivity index (χ0v) is 8.88. The summed E-state index contributed by atoms with van der Waals surface area (Å²) in [5.41, 5.74) is 2.40. The van der Waals surface area contributed by atoms with Crippen LogP contribution in [0, 0.1) is 0 Å². The number of hydrogen-bond donors (Lipinski definition) is 1. The van der Waals surface area contributed by atoms with E-state index in [2.05, 4.69) is 28.3 Å². The van der Waals surface area contributed by atoms with Gasteiger partial charge in [-0.25, -0.2) is 9.97 Å². The van der Waals surface area contributed by atoms with Crippen molar-refractivity contribution >= 4 is 5.95 Å². The first-order chi connectivity index (χ1) is 6.83. The van der Waals surface area contributed by atoms with E-state index in [9.17, 15) is 0 Å². The fraction of sp³-hybridized carbons (Fsp3) is 0.636. The predicted molar refractivity (Wildman–Crippen MR) is 57.5 cm³/mol. The van der Waals surface area contributed by atoms with Crippen molar-refractivity contribution < 1.29 is 0 Å². The second-order valence-corrected chi connectivity index (χ2v) is 3.88. The molecular formula is C11H17N3. The Kier molecular flexibility index (Phi) is 2.66. The molecule has 1 aliphatic rings. The standard InChI is InChI=1S/C11H17N3/c1-3-4-9-7-10(8-5-6-8)14-11(12-2)13-9/h7-8H,3-6H2,1-2H3,(H,12,13,14). The Morgan fingerprint density at radius 1 is 1.43 bits per heavy atom. The summed E-state index contributed by atoms with van der Waals surface area (Å²) in [6.07, 6.45) is 4.79. The van der Waals surface area contributed by atoms with Crippen LogP contribution in [0.1, 0.15) is 43.5 Å². The van der Waals surface area contributed by atoms with Gasteiger partial charge in [-0.1, -0.05) is 13.3 Å². The topological polar surface area (TPSA) is 37.8 Å². The Morgan fingerprint density at radius 2 is 2.21 bits per heavy atom. The van der Waals surface area contributed by atoms with E-state index in [0.29, 0.717) is 5.92 Å². The largest absolute Gasteiger partial charge is 0.357 e. The van der Waals surface area contributed by atoms with E-state index in [1.165, 1.54) is 24.2 Å². The number of anilines is 1. The molecule has 3 heteroatoms. The lowest BCUT2D eigenvalue weighted by Crippen LogP contribution is -2.02. The third-order valence-corrected chi connectivity index (χ3v) is 2.52. The molecule has 76 valence electrons. The molecular weight excluding hydrogens is 174 g/mol. The summed E-state index contributed by atoms with van der Waals surface area (Å²) in [7, 11) is 1.88. The molecule has 0 bridgehead atoms. The van der Waals surface area contributed by atoms with Gasteiger partial charge in [0.25, 0.3) is 0 Å². The van der Waals surface area contributed by atoms with Crippen LogP contribution < -0.4 is 5.32 Å². The highest BCUT2D eigenvalue weighted by molar-refractivity contribution is 5.30. The maximum Gasteiger partial charge on any atom is 0.222 e. The third-order valence-electron chi connectivity index (χ3n) is 2.52. The molecule has 0 aliphatic heterocycles. The molecule has 1 aromatic rings. The van der Waals surface area contributed by atoms with Crippen LogP contribution in [0.2, 0.25) is 0 Å². The van der Waals surface area contributed by atoms with Gasteiger partial charge in [0.2, 0.25) is 5.95 Å². The van der Waals surface area contributed by atoms with Gasteiger partial charge >= 0.3 is 0 Å². The number of aryl methyl sites for hydroxylation is 1. The normalized spacial score (nSPS) is 15.6. The van der Waals surface area contributed by atoms with Gasteiger partial charge in [-0.15, -0.1) is 0 Å². The number of nitrogens with one attached hydrogen (secondary N) is 1. The average molecular weight is 191 g/mol. The smallest absolute Gasteiger partial charge is 0.222 e. The minimum atomic E-state index is 0.709. The van der Waals surface area contributed by atoms with Crippen LogP contribution >= 0.6 is 0 Å². The van der Waals surface area contributed by atoms with Crippen molar-refractivity contribution in [1.29, 1.82) is 0 Å². The zero-order valence-electron chi connectivity index (χ0n) is 8.88. The second-order valence-electron chi connectivity index (χ2n) is 3.88. The minimum Gasteiger partial charge on any atom is -0.357 e. The van der Waals surface area contributed by atoms with Gasteiger partial charge < -0.3 is 5.32 Å². The highest BCUT2D eigenvalue weighted by atomic mass is 15.1. The first-order valence-corrected chi connectivity index (χ1v) is 5.39. The molecule has 0 atom stereocenters. The van der Waals surface area contributed by atoms with E-state index in [1.807, 2.05) is 7.05 Å². The van der Waals surface area contributed by atoms with Crippen molar-refractivity contribution in [3.05, 3.63) is 17.5 Å². The van der Waals surface area contributed by atoms with Gasteiger partial charge in [0.15, 0.2) is 0 Å². The number of rotatable bonds is 4. The third kappa shape index (κ3) is 2.03. The van der Waals surface area contributed by atoms with Gasteiger partial charge in [-0.2, -0.15) is 0 Å². The second kappa shape index (κ2) is 3.95. The summed E-state index contributed by atoms with van der Waals surface area (Å²) in [5.74, 6) is 1.48. The van der Waals surface area contributed by atoms with Crippen molar-refractivity contribution in [1.82, 2.24) is 9.97 Å². The summed E-state index contributed by atoms with van der Waals surface area (Å²) in [6.45, 7) is 2.18. The molecule has 0 amide bonds. The molecule has 14 heavy (non-hydrogen) atoms. The van der Waals surface area contributed by atoms with Gasteiger partial charge in [0, 0.05) is 24.4 Å². The molecule has 0 spiro atoms. The molecule has 1 N–H and O–H groups in total. The van der Waals surface area contributed by atoms with Gasteiger partial charge in [-0.3, -0.25) is 0 Å². The van der Waals surface area contributed by atoms with E-state index in [4.69, 9.17) is 0 Å². The van der Waals surface area contributed by atoms with Crippen molar-refractivity contribution in [2.75, 3.05) is 12.4 Å². The molecule has 1 saturated carbocycles. The summed E-state index contributed by atoms with van der Waals surface area (Å²) in [4.78, 5) is 8.90. The lowest BCUT2D eigenvalue weighted by molar-refractivity contribution is 0.857. The molecule has 0 radical (unpaired) electrons. The van der Waals surface area contributed by atoms with E-state index in [0.717, 1.165) is 18.8 Å². The highest BCUT2D eigenvalue weighted by Crippen LogP contribution is 2.39. The van der Waals surface area contributed by atoms with E-state index >= 15 is 0 Å². The summed E-state index contributed by atoms with van der Waals surface area (Å²) in [6, 6.07) is 2.17. The Morgan fingerprint density at radius 3 is 2.79 bits per heavy atom. The number of nitrogens with zero attached hydrogens (tertiary/aromatic N) is 2. The maximum absolute atomic E-state index is 4.47. The van der Waals surface area contributed by atoms with Crippen LogP contribution in [-0.4, -0.2) is 17.0 Å². The Bertz CT molecular complexity index is 318. The summed E-state index contributed by atoms with van der Waals surface area (Å²) >= 11 is 0. The average Bonchev–Trinajstić information content (AvgIpc) is 3.01. The lowest BCUT2D eigenvalue weighted by atomic mass is 10.2. The Labute approximate surface area is 85.0 Å². The SMILES string of the molecule is CCCc1cc(C2CC2)nc(NC)n1. The number of aromatic nitrogens is 2. The number of hydrogen-bond acceptors (Lipinski definition) is 3. The minimum absolute atomic E-state index is 0.709. The van der Waals surface area contributed by atoms with Crippen molar-refractivity contribution in [3.8, 4) is 0 Å². The first kappa shape index (κ1) is 9.44. The van der Waals surface area contributed by atoms with Gasteiger partial charge in [0.1, 0.15) is 0 Å². The monoisotopic (exact) mass is 191 g/mol. The molecule has 2 rings (SSSR count). The van der Waals surface area contributed by atoms with Crippen LogP contribution in [-0.2, 0) is 6.42 Å². The molecule has 0 aromatic carbocycles. The lowest BCUT2D eigenvalue weighted by Gasteiger charge is -2.05. The Balaban J connectivity index is 2.26. The van der Waals surface area contributed by atoms with Crippen LogP contribution in [0.25, 0.3) is 0 Å². The quantitative estimate of drug-likeness (QED) is 0.793. The Hall–Kier alpha value is -1.12. The van der Waals surface area contributed by atoms with Crippen molar-refractivity contribution in [3.63, 3.8) is 0 Å². The summed E-state index contributed by atoms with van der Waals surface area (Å²) < 4.78 is 0. The molecule has 1 heterocycles. The van der Waals surface area contributed by atoms with E-state index in [1.54, 1.807) is 0 Å². The maximum atomic E-state index is 4.47. The molecule has 1 fully saturated rings. The van der Waals surface area contributed by atoms with E-state index < -0.39 is 0 Å². The van der Waals surface area contributed by atoms with Gasteiger partial charge in [0.05, 0.1) is 0 Å². The zero-order chi connectivity index (χ0) is 9.97. The van der Waals surface area contributed by atoms with Crippen molar-refractivity contribution in [2.45, 2.75) is 38.5 Å². The first-order valence-electron chi connectivity index (χ1n) is 5.39.